The molecule has 682 valence electrons. The predicted octanol–water partition coefficient (Wildman–Crippen LogP) is 17.9. The first-order valence-corrected chi connectivity index (χ1v) is 47.3. The minimum Gasteiger partial charge on any atom is -0.489 e. The van der Waals surface area contributed by atoms with Crippen molar-refractivity contribution in [2.24, 2.45) is 0 Å². The zero-order valence-electron chi connectivity index (χ0n) is 74.2. The largest absolute Gasteiger partial charge is 0.489 e. The highest BCUT2D eigenvalue weighted by Gasteiger charge is 2.31. The van der Waals surface area contributed by atoms with Crippen LogP contribution in [0.15, 0.2) is 164 Å². The van der Waals surface area contributed by atoms with Crippen LogP contribution in [0.5, 0.6) is 17.2 Å². The van der Waals surface area contributed by atoms with Crippen molar-refractivity contribution in [2.75, 3.05) is 98.0 Å². The number of sulfone groups is 3. The van der Waals surface area contributed by atoms with Crippen LogP contribution in [0.4, 0.5) is 69.4 Å². The Morgan fingerprint density at radius 2 is 0.812 bits per heavy atom. The van der Waals surface area contributed by atoms with Crippen molar-refractivity contribution in [3.05, 3.63) is 189 Å². The molecule has 0 saturated carbocycles. The molecule has 2 saturated heterocycles. The summed E-state index contributed by atoms with van der Waals surface area (Å²) in [6.07, 6.45) is 3.98. The lowest BCUT2D eigenvalue weighted by Crippen LogP contribution is -2.48. The lowest BCUT2D eigenvalue weighted by Gasteiger charge is -2.33. The SMILES string of the molecule is CCN1CCN(C(=O)c2cc(-c3cc(Nc4ncc(Cl)c(Nc5ccccc5S(=O)(=O)C(C)C)n4)c(OC(C)C)cc3C)on2)CC1.CONC(=O)c1cc(-c2cc(Nc3ncc(Cl)c(Nc4ccccc4S(=O)(=O)C(C)C)n3)c(OC(C)C)cc2C)on1.Cc1cc(Nc2ncc(Cl)c(Nc3ccccc3S(=O)(=O)C(C)C)n2)c(OC(C)C)cc1CN1CCOCC1. The molecule has 6 aromatic carbocycles. The number of hydrogen-bond donors (Lipinski definition) is 7. The summed E-state index contributed by atoms with van der Waals surface area (Å²) in [4.78, 5) is 63.5. The van der Waals surface area contributed by atoms with Crippen LogP contribution in [0.25, 0.3) is 22.6 Å². The average Bonchev–Trinajstić information content (AvgIpc) is 1.69. The number of ether oxygens (including phenoxy) is 4. The number of morpholine rings is 1. The van der Waals surface area contributed by atoms with Crippen molar-refractivity contribution < 1.29 is 67.7 Å². The van der Waals surface area contributed by atoms with Crippen LogP contribution < -0.4 is 51.6 Å². The van der Waals surface area contributed by atoms with Gasteiger partial charge in [-0.3, -0.25) is 19.3 Å². The van der Waals surface area contributed by atoms with E-state index in [1.54, 1.807) is 125 Å². The van der Waals surface area contributed by atoms with Gasteiger partial charge in [0.05, 0.1) is 122 Å². The summed E-state index contributed by atoms with van der Waals surface area (Å²) in [6.45, 7) is 37.3. The van der Waals surface area contributed by atoms with E-state index in [2.05, 4.69) is 112 Å². The third-order valence-electron chi connectivity index (χ3n) is 20.2. The Labute approximate surface area is 761 Å². The maximum atomic E-state index is 13.2. The summed E-state index contributed by atoms with van der Waals surface area (Å²) in [6, 6.07) is 34.4. The first-order chi connectivity index (χ1) is 60.8. The topological polar surface area (TPSA) is 406 Å². The first kappa shape index (κ1) is 97.3. The number of hydrogen-bond acceptors (Lipinski definition) is 31. The van der Waals surface area contributed by atoms with E-state index in [1.807, 2.05) is 79.7 Å². The molecular weight excluding hydrogens is 1760 g/mol. The van der Waals surface area contributed by atoms with Crippen molar-refractivity contribution in [1.82, 2.24) is 60.4 Å². The molecule has 128 heavy (non-hydrogen) atoms. The summed E-state index contributed by atoms with van der Waals surface area (Å²) in [5.74, 6) is 3.15. The number of nitrogens with zero attached hydrogens (tertiary/aromatic N) is 11. The highest BCUT2D eigenvalue weighted by molar-refractivity contribution is 7.92. The highest BCUT2D eigenvalue weighted by Crippen LogP contribution is 2.42. The molecule has 2 amide bonds. The van der Waals surface area contributed by atoms with Gasteiger partial charge in [0.15, 0.2) is 69.9 Å². The van der Waals surface area contributed by atoms with Gasteiger partial charge in [0.2, 0.25) is 17.8 Å². The molecule has 0 atom stereocenters. The van der Waals surface area contributed by atoms with Crippen molar-refractivity contribution in [3.63, 3.8) is 0 Å². The van der Waals surface area contributed by atoms with E-state index < -0.39 is 51.2 Å². The first-order valence-electron chi connectivity index (χ1n) is 41.5. The molecule has 0 unspecified atom stereocenters. The molecule has 0 radical (unpaired) electrons. The molecule has 2 aliphatic rings. The number of aromatic nitrogens is 8. The Balaban J connectivity index is 0.000000187. The second kappa shape index (κ2) is 43.2. The summed E-state index contributed by atoms with van der Waals surface area (Å²) < 4.78 is 113. The number of halogens is 3. The van der Waals surface area contributed by atoms with Crippen LogP contribution >= 0.6 is 34.8 Å². The number of rotatable bonds is 32. The van der Waals surface area contributed by atoms with E-state index in [9.17, 15) is 34.8 Å². The highest BCUT2D eigenvalue weighted by atomic mass is 35.5. The quantitative estimate of drug-likeness (QED) is 0.0193. The van der Waals surface area contributed by atoms with Gasteiger partial charge >= 0.3 is 0 Å². The van der Waals surface area contributed by atoms with Gasteiger partial charge in [0.25, 0.3) is 11.8 Å². The summed E-state index contributed by atoms with van der Waals surface area (Å²) >= 11 is 19.3. The molecular formula is C89H107Cl3N18O15S3. The third kappa shape index (κ3) is 24.6. The second-order valence-electron chi connectivity index (χ2n) is 31.7. The minimum atomic E-state index is -3.59. The molecule has 5 aromatic heterocycles. The zero-order chi connectivity index (χ0) is 92.6. The van der Waals surface area contributed by atoms with Crippen LogP contribution in [0.3, 0.4) is 0 Å². The Morgan fingerprint density at radius 1 is 0.445 bits per heavy atom. The van der Waals surface area contributed by atoms with Crippen LogP contribution in [0.2, 0.25) is 15.1 Å². The monoisotopic (exact) mass is 1870 g/mol. The standard InChI is InChI=1S/C33H40ClN7O5S.C28H31ClN6O6S.C28H36ClN5O4S/c1-7-40-12-14-41(15-13-40)32(42)27-18-28(46-39-27)23-17-26(29(16-22(23)6)45-20(2)3)37-33-35-19-24(34)31(38-33)36-25-10-8-9-11-30(25)47(43,44)21(4)5;1-15(2)40-24-11-17(5)18(23-13-22(34-41-23)27(36)35-39-6)12-21(24)32-28-30-14-19(29)26(33-28)31-20-9-7-8-10-25(20)42(37,38)16(3)4;1-18(2)38-25-15-21(17-34-10-12-37-13-11-34)20(5)14-24(25)32-28-30-16-22(29)27(33-28)31-23-8-6-7-9-26(23)39(35,36)19(3)4/h8-11,16-21H,7,12-15H2,1-6H3,(H2,35,36,37,38);7-16H,1-6H3,(H,35,36)(H2,30,31,32,33);6-9,14-16,18-19H,10-13,17H2,1-5H3,(H2,30,31,32,33). The smallest absolute Gasteiger partial charge is 0.297 e. The number of carbonyl (C=O) groups is 2. The van der Waals surface area contributed by atoms with Gasteiger partial charge in [-0.1, -0.05) is 88.4 Å². The lowest BCUT2D eigenvalue weighted by molar-refractivity contribution is 0.0341. The summed E-state index contributed by atoms with van der Waals surface area (Å²) in [5, 5.41) is 25.6. The van der Waals surface area contributed by atoms with Crippen LogP contribution in [-0.4, -0.2) is 192 Å². The third-order valence-corrected chi connectivity index (χ3v) is 27.6. The van der Waals surface area contributed by atoms with Gasteiger partial charge in [-0.25, -0.2) is 45.7 Å². The van der Waals surface area contributed by atoms with Crippen molar-refractivity contribution in [1.29, 1.82) is 0 Å². The minimum absolute atomic E-state index is 0.0349. The van der Waals surface area contributed by atoms with Crippen LogP contribution in [0.1, 0.15) is 133 Å². The molecule has 11 aromatic rings. The van der Waals surface area contributed by atoms with Gasteiger partial charge < -0.3 is 69.7 Å². The fraction of sp³-hybridized carbons (Fsp3) is 0.371. The summed E-state index contributed by atoms with van der Waals surface area (Å²) in [7, 11) is -9.38. The second-order valence-corrected chi connectivity index (χ2v) is 40.3. The normalized spacial score (nSPS) is 13.4. The van der Waals surface area contributed by atoms with E-state index in [-0.39, 0.29) is 94.7 Å². The predicted molar refractivity (Wildman–Crippen MR) is 498 cm³/mol. The van der Waals surface area contributed by atoms with E-state index >= 15 is 0 Å². The van der Waals surface area contributed by atoms with E-state index in [0.717, 1.165) is 74.9 Å². The van der Waals surface area contributed by atoms with E-state index in [0.29, 0.717) is 87.4 Å². The number of piperazine rings is 1. The van der Waals surface area contributed by atoms with Gasteiger partial charge in [-0.15, -0.1) is 0 Å². The number of benzene rings is 6. The maximum absolute atomic E-state index is 13.2. The van der Waals surface area contributed by atoms with Crippen molar-refractivity contribution in [2.45, 2.75) is 166 Å². The van der Waals surface area contributed by atoms with Crippen LogP contribution in [-0.2, 0) is 45.6 Å². The molecule has 33 nitrogen and oxygen atoms in total. The molecule has 0 aliphatic carbocycles. The molecule has 0 bridgehead atoms. The number of para-hydroxylation sites is 3. The molecule has 2 aliphatic heterocycles. The molecule has 7 N–H and O–H groups in total. The van der Waals surface area contributed by atoms with Gasteiger partial charge in [0.1, 0.15) is 32.3 Å². The number of anilines is 12. The van der Waals surface area contributed by atoms with Crippen molar-refractivity contribution >= 4 is 146 Å². The number of likely N-dealkylation sites (N-methyl/N-ethyl adjacent to an activating group) is 1. The number of aryl methyl sites for hydroxylation is 3. The van der Waals surface area contributed by atoms with Gasteiger partial charge in [0, 0.05) is 69.1 Å². The maximum Gasteiger partial charge on any atom is 0.297 e. The lowest BCUT2D eigenvalue weighted by atomic mass is 10.0. The molecule has 0 spiro atoms. The van der Waals surface area contributed by atoms with E-state index in [4.69, 9.17) is 62.8 Å². The zero-order valence-corrected chi connectivity index (χ0v) is 78.9. The number of carbonyl (C=O) groups excluding carboxylic acids is 2. The fourth-order valence-corrected chi connectivity index (χ4v) is 17.3. The van der Waals surface area contributed by atoms with E-state index in [1.165, 1.54) is 43.4 Å². The number of nitrogens with one attached hydrogen (secondary N) is 7. The average molecular weight is 1870 g/mol. The molecule has 7 heterocycles. The Bertz CT molecular complexity index is 6130. The molecule has 13 rings (SSSR count). The van der Waals surface area contributed by atoms with Crippen molar-refractivity contribution in [3.8, 4) is 39.9 Å². The fourth-order valence-electron chi connectivity index (χ4n) is 13.2. The Morgan fingerprint density at radius 3 is 1.19 bits per heavy atom. The number of amides is 2. The summed E-state index contributed by atoms with van der Waals surface area (Å²) in [5.41, 5.74) is 10.6. The number of hydroxylamine groups is 1. The molecule has 39 heteroatoms. The van der Waals surface area contributed by atoms with Gasteiger partial charge in [-0.05, 0) is 205 Å². The van der Waals surface area contributed by atoms with Crippen LogP contribution in [0, 0.1) is 20.8 Å². The Kier molecular flexibility index (Phi) is 32.8. The van der Waals surface area contributed by atoms with Gasteiger partial charge in [-0.2, -0.15) is 15.0 Å². The Hall–Kier alpha value is -11.3. The molecule has 2 fully saturated rings.